The average molecular weight is 220 g/mol. The Labute approximate surface area is 97.1 Å². The van der Waals surface area contributed by atoms with Gasteiger partial charge in [-0.1, -0.05) is 13.0 Å². The predicted octanol–water partition coefficient (Wildman–Crippen LogP) is 2.93. The fourth-order valence-electron chi connectivity index (χ4n) is 4.38. The van der Waals surface area contributed by atoms with Crippen LogP contribution in [0.4, 0.5) is 0 Å². The Morgan fingerprint density at radius 3 is 2.69 bits per heavy atom. The molecule has 3 aliphatic rings. The van der Waals surface area contributed by atoms with E-state index in [4.69, 9.17) is 4.74 Å². The van der Waals surface area contributed by atoms with Crippen molar-refractivity contribution in [1.29, 1.82) is 0 Å². The van der Waals surface area contributed by atoms with Gasteiger partial charge in [0, 0.05) is 5.57 Å². The van der Waals surface area contributed by atoms with Crippen LogP contribution in [0.2, 0.25) is 0 Å². The summed E-state index contributed by atoms with van der Waals surface area (Å²) in [7, 11) is 0. The zero-order valence-electron chi connectivity index (χ0n) is 9.95. The van der Waals surface area contributed by atoms with E-state index in [1.54, 1.807) is 6.92 Å². The largest absolute Gasteiger partial charge is 0.459 e. The average Bonchev–Trinajstić information content (AvgIpc) is 2.87. The van der Waals surface area contributed by atoms with Crippen LogP contribution in [0, 0.1) is 23.7 Å². The van der Waals surface area contributed by atoms with E-state index in [0.717, 1.165) is 24.2 Å². The minimum atomic E-state index is -0.188. The minimum Gasteiger partial charge on any atom is -0.459 e. The number of carbonyl (C=O) groups excluding carboxylic acids is 1. The molecule has 2 bridgehead atoms. The molecule has 0 heterocycles. The highest BCUT2D eigenvalue weighted by Gasteiger charge is 2.55. The number of ether oxygens (including phenoxy) is 1. The molecule has 2 heteroatoms. The van der Waals surface area contributed by atoms with Crippen molar-refractivity contribution < 1.29 is 9.53 Å². The molecule has 3 fully saturated rings. The lowest BCUT2D eigenvalue weighted by Crippen LogP contribution is -2.32. The van der Waals surface area contributed by atoms with Crippen LogP contribution in [0.3, 0.4) is 0 Å². The molecule has 3 aliphatic carbocycles. The second-order valence-electron chi connectivity index (χ2n) is 5.88. The second kappa shape index (κ2) is 3.61. The highest BCUT2D eigenvalue weighted by atomic mass is 16.5. The molecule has 0 spiro atoms. The number of esters is 1. The first-order valence-corrected chi connectivity index (χ1v) is 6.53. The van der Waals surface area contributed by atoms with E-state index in [1.807, 2.05) is 0 Å². The van der Waals surface area contributed by atoms with Gasteiger partial charge in [0.25, 0.3) is 0 Å². The van der Waals surface area contributed by atoms with Gasteiger partial charge in [0.1, 0.15) is 6.10 Å². The summed E-state index contributed by atoms with van der Waals surface area (Å²) in [5.74, 6) is 3.15. The number of carbonyl (C=O) groups is 1. The van der Waals surface area contributed by atoms with Gasteiger partial charge in [0.05, 0.1) is 0 Å². The maximum Gasteiger partial charge on any atom is 0.333 e. The number of rotatable bonds is 2. The molecule has 0 amide bonds. The molecule has 0 N–H and O–H groups in total. The molecule has 4 unspecified atom stereocenters. The van der Waals surface area contributed by atoms with Crippen molar-refractivity contribution in [3.63, 3.8) is 0 Å². The Morgan fingerprint density at radius 2 is 1.94 bits per heavy atom. The van der Waals surface area contributed by atoms with Crippen LogP contribution in [0.25, 0.3) is 0 Å². The van der Waals surface area contributed by atoms with E-state index < -0.39 is 0 Å². The molecule has 0 aromatic heterocycles. The van der Waals surface area contributed by atoms with Gasteiger partial charge in [-0.2, -0.15) is 0 Å². The number of hydrogen-bond acceptors (Lipinski definition) is 2. The fourth-order valence-corrected chi connectivity index (χ4v) is 4.38. The molecule has 16 heavy (non-hydrogen) atoms. The third-order valence-corrected chi connectivity index (χ3v) is 4.97. The third-order valence-electron chi connectivity index (χ3n) is 4.97. The summed E-state index contributed by atoms with van der Waals surface area (Å²) >= 11 is 0. The lowest BCUT2D eigenvalue weighted by Gasteiger charge is -2.31. The Kier molecular flexibility index (Phi) is 2.34. The fraction of sp³-hybridized carbons (Fsp3) is 0.786. The lowest BCUT2D eigenvalue weighted by molar-refractivity contribution is -0.148. The molecule has 0 aromatic carbocycles. The van der Waals surface area contributed by atoms with Gasteiger partial charge in [0.15, 0.2) is 0 Å². The SMILES string of the molecule is C=C(C)C(=O)O[C@H]1CC2CC1C1CCCC21. The highest BCUT2D eigenvalue weighted by molar-refractivity contribution is 5.87. The third kappa shape index (κ3) is 1.42. The smallest absolute Gasteiger partial charge is 0.333 e. The van der Waals surface area contributed by atoms with Gasteiger partial charge in [-0.05, 0) is 56.3 Å². The first-order valence-electron chi connectivity index (χ1n) is 6.53. The molecular formula is C14H20O2. The zero-order chi connectivity index (χ0) is 11.3. The van der Waals surface area contributed by atoms with Crippen LogP contribution in [0.1, 0.15) is 39.0 Å². The normalized spacial score (nSPS) is 44.4. The summed E-state index contributed by atoms with van der Waals surface area (Å²) in [6.45, 7) is 5.38. The van der Waals surface area contributed by atoms with E-state index in [-0.39, 0.29) is 12.1 Å². The number of hydrogen-bond donors (Lipinski definition) is 0. The monoisotopic (exact) mass is 220 g/mol. The van der Waals surface area contributed by atoms with E-state index in [1.165, 1.54) is 25.7 Å². The molecule has 3 saturated carbocycles. The van der Waals surface area contributed by atoms with Gasteiger partial charge < -0.3 is 4.74 Å². The lowest BCUT2D eigenvalue weighted by atomic mass is 9.80. The molecule has 0 saturated heterocycles. The van der Waals surface area contributed by atoms with Crippen molar-refractivity contribution in [2.24, 2.45) is 23.7 Å². The van der Waals surface area contributed by atoms with Gasteiger partial charge in [-0.15, -0.1) is 0 Å². The predicted molar refractivity (Wildman–Crippen MR) is 61.7 cm³/mol. The maximum absolute atomic E-state index is 11.5. The minimum absolute atomic E-state index is 0.188. The van der Waals surface area contributed by atoms with E-state index in [9.17, 15) is 4.79 Å². The second-order valence-corrected chi connectivity index (χ2v) is 5.88. The van der Waals surface area contributed by atoms with Crippen molar-refractivity contribution >= 4 is 5.97 Å². The van der Waals surface area contributed by atoms with Crippen molar-refractivity contribution in [2.45, 2.75) is 45.1 Å². The van der Waals surface area contributed by atoms with Crippen molar-refractivity contribution in [3.8, 4) is 0 Å². The van der Waals surface area contributed by atoms with Crippen LogP contribution >= 0.6 is 0 Å². The van der Waals surface area contributed by atoms with Gasteiger partial charge >= 0.3 is 5.97 Å². The quantitative estimate of drug-likeness (QED) is 0.528. The molecule has 3 rings (SSSR count). The Hall–Kier alpha value is -0.790. The van der Waals surface area contributed by atoms with E-state index in [2.05, 4.69) is 6.58 Å². The summed E-state index contributed by atoms with van der Waals surface area (Å²) in [5, 5.41) is 0. The van der Waals surface area contributed by atoms with Crippen molar-refractivity contribution in [1.82, 2.24) is 0 Å². The summed E-state index contributed by atoms with van der Waals surface area (Å²) in [6.07, 6.45) is 6.81. The van der Waals surface area contributed by atoms with Crippen LogP contribution in [0.15, 0.2) is 12.2 Å². The summed E-state index contributed by atoms with van der Waals surface area (Å²) in [4.78, 5) is 11.5. The summed E-state index contributed by atoms with van der Waals surface area (Å²) in [5.41, 5.74) is 0.533. The molecule has 0 aromatic rings. The molecule has 5 atom stereocenters. The Morgan fingerprint density at radius 1 is 1.19 bits per heavy atom. The van der Waals surface area contributed by atoms with E-state index >= 15 is 0 Å². The van der Waals surface area contributed by atoms with Gasteiger partial charge in [0.2, 0.25) is 0 Å². The van der Waals surface area contributed by atoms with E-state index in [0.29, 0.717) is 11.5 Å². The van der Waals surface area contributed by atoms with Crippen LogP contribution in [-0.4, -0.2) is 12.1 Å². The van der Waals surface area contributed by atoms with Crippen molar-refractivity contribution in [3.05, 3.63) is 12.2 Å². The molecule has 2 nitrogen and oxygen atoms in total. The molecule has 0 radical (unpaired) electrons. The maximum atomic E-state index is 11.5. The topological polar surface area (TPSA) is 26.3 Å². The van der Waals surface area contributed by atoms with Crippen LogP contribution in [-0.2, 0) is 9.53 Å². The highest BCUT2D eigenvalue weighted by Crippen LogP contribution is 2.59. The Balaban J connectivity index is 1.68. The molecule has 0 aliphatic heterocycles. The number of fused-ring (bicyclic) bond motifs is 5. The molecular weight excluding hydrogens is 200 g/mol. The zero-order valence-corrected chi connectivity index (χ0v) is 9.95. The molecule has 88 valence electrons. The Bertz CT molecular complexity index is 334. The van der Waals surface area contributed by atoms with Gasteiger partial charge in [-0.25, -0.2) is 4.79 Å². The first kappa shape index (κ1) is 10.4. The van der Waals surface area contributed by atoms with Crippen molar-refractivity contribution in [2.75, 3.05) is 0 Å². The summed E-state index contributed by atoms with van der Waals surface area (Å²) in [6, 6.07) is 0. The van der Waals surface area contributed by atoms with Crippen LogP contribution < -0.4 is 0 Å². The van der Waals surface area contributed by atoms with Gasteiger partial charge in [-0.3, -0.25) is 0 Å². The summed E-state index contributed by atoms with van der Waals surface area (Å²) < 4.78 is 5.58. The van der Waals surface area contributed by atoms with Crippen LogP contribution in [0.5, 0.6) is 0 Å². The standard InChI is InChI=1S/C14H20O2/c1-8(2)14(15)16-13-7-9-6-12(13)11-5-3-4-10(9)11/h9-13H,1,3-7H2,2H3/t9?,10?,11?,12?,13-/m0/s1. The first-order chi connectivity index (χ1) is 7.66.